The van der Waals surface area contributed by atoms with Crippen LogP contribution < -0.4 is 0 Å². The molecule has 1 aliphatic heterocycles. The van der Waals surface area contributed by atoms with E-state index in [1.165, 1.54) is 6.42 Å². The summed E-state index contributed by atoms with van der Waals surface area (Å²) >= 11 is 0. The first-order chi connectivity index (χ1) is 8.42. The van der Waals surface area contributed by atoms with Crippen LogP contribution in [-0.4, -0.2) is 54.2 Å². The van der Waals surface area contributed by atoms with Crippen molar-refractivity contribution in [1.29, 1.82) is 0 Å². The van der Waals surface area contributed by atoms with Crippen molar-refractivity contribution in [3.63, 3.8) is 0 Å². The maximum atomic E-state index is 11.8. The van der Waals surface area contributed by atoms with Crippen molar-refractivity contribution < 1.29 is 9.53 Å². The van der Waals surface area contributed by atoms with Crippen LogP contribution in [-0.2, 0) is 4.74 Å². The molecule has 0 radical (unpaired) electrons. The number of piperazine rings is 1. The highest BCUT2D eigenvalue weighted by Crippen LogP contribution is 2.11. The molecule has 1 fully saturated rings. The van der Waals surface area contributed by atoms with Gasteiger partial charge in [0.15, 0.2) is 0 Å². The second-order valence-corrected chi connectivity index (χ2v) is 5.31. The summed E-state index contributed by atoms with van der Waals surface area (Å²) in [6.07, 6.45) is 0.996. The second kappa shape index (κ2) is 8.35. The van der Waals surface area contributed by atoms with Gasteiger partial charge in [-0.3, -0.25) is 4.90 Å². The summed E-state index contributed by atoms with van der Waals surface area (Å²) in [5.41, 5.74) is -0.391. The van der Waals surface area contributed by atoms with Gasteiger partial charge in [0, 0.05) is 26.2 Å². The van der Waals surface area contributed by atoms with Crippen LogP contribution in [0.2, 0.25) is 0 Å². The fourth-order valence-corrected chi connectivity index (χ4v) is 1.80. The molecule has 4 heteroatoms. The summed E-state index contributed by atoms with van der Waals surface area (Å²) in [5.74, 6) is 0. The van der Waals surface area contributed by atoms with E-state index in [0.29, 0.717) is 0 Å². The summed E-state index contributed by atoms with van der Waals surface area (Å²) in [7, 11) is 0. The normalized spacial score (nSPS) is 16.9. The molecule has 0 bridgehead atoms. The molecule has 4 nitrogen and oxygen atoms in total. The van der Waals surface area contributed by atoms with Crippen LogP contribution in [0.15, 0.2) is 0 Å². The molecule has 0 spiro atoms. The Labute approximate surface area is 112 Å². The van der Waals surface area contributed by atoms with Crippen molar-refractivity contribution in [2.75, 3.05) is 32.7 Å². The molecule has 108 valence electrons. The van der Waals surface area contributed by atoms with Crippen molar-refractivity contribution in [3.05, 3.63) is 0 Å². The van der Waals surface area contributed by atoms with E-state index in [1.54, 1.807) is 4.90 Å². The number of carbonyl (C=O) groups excluding carboxylic acids is 1. The fourth-order valence-electron chi connectivity index (χ4n) is 1.80. The Morgan fingerprint density at radius 2 is 1.61 bits per heavy atom. The van der Waals surface area contributed by atoms with Gasteiger partial charge in [-0.25, -0.2) is 4.79 Å². The highest BCUT2D eigenvalue weighted by molar-refractivity contribution is 5.68. The third-order valence-electron chi connectivity index (χ3n) is 2.56. The number of carbonyl (C=O) groups is 1. The molecule has 0 unspecified atom stereocenters. The molecule has 0 aromatic heterocycles. The zero-order chi connectivity index (χ0) is 14.2. The van der Waals surface area contributed by atoms with Crippen LogP contribution in [0.3, 0.4) is 0 Å². The molecule has 0 aromatic rings. The second-order valence-electron chi connectivity index (χ2n) is 5.31. The van der Waals surface area contributed by atoms with E-state index in [9.17, 15) is 4.79 Å². The predicted octanol–water partition coefficient (Wildman–Crippen LogP) is 2.98. The number of amides is 1. The van der Waals surface area contributed by atoms with E-state index in [4.69, 9.17) is 4.74 Å². The summed E-state index contributed by atoms with van der Waals surface area (Å²) in [4.78, 5) is 16.0. The average molecular weight is 258 g/mol. The van der Waals surface area contributed by atoms with Crippen LogP contribution in [0.5, 0.6) is 0 Å². The molecular formula is C14H30N2O2. The molecule has 18 heavy (non-hydrogen) atoms. The molecule has 1 amide bonds. The van der Waals surface area contributed by atoms with Gasteiger partial charge in [-0.05, 0) is 33.7 Å². The van der Waals surface area contributed by atoms with Crippen molar-refractivity contribution in [1.82, 2.24) is 9.80 Å². The first kappa shape index (κ1) is 17.2. The summed E-state index contributed by atoms with van der Waals surface area (Å²) in [5, 5.41) is 0. The Morgan fingerprint density at radius 1 is 1.11 bits per heavy atom. The average Bonchev–Trinajstić information content (AvgIpc) is 2.31. The van der Waals surface area contributed by atoms with Crippen LogP contribution >= 0.6 is 0 Å². The number of ether oxygens (including phenoxy) is 1. The lowest BCUT2D eigenvalue weighted by atomic mass is 10.2. The first-order valence-corrected chi connectivity index (χ1v) is 7.12. The van der Waals surface area contributed by atoms with E-state index in [1.807, 2.05) is 34.6 Å². The molecule has 1 rings (SSSR count). The topological polar surface area (TPSA) is 32.8 Å². The minimum absolute atomic E-state index is 0.177. The predicted molar refractivity (Wildman–Crippen MR) is 75.9 cm³/mol. The first-order valence-electron chi connectivity index (χ1n) is 7.12. The SMILES string of the molecule is CC.CCCN1CCN(C(=O)OC(C)(C)C)CC1. The molecule has 0 atom stereocenters. The number of hydrogen-bond acceptors (Lipinski definition) is 3. The molecule has 1 saturated heterocycles. The Bertz CT molecular complexity index is 228. The molecule has 0 saturated carbocycles. The van der Waals surface area contributed by atoms with E-state index >= 15 is 0 Å². The van der Waals surface area contributed by atoms with Crippen molar-refractivity contribution in [2.24, 2.45) is 0 Å². The van der Waals surface area contributed by atoms with Crippen LogP contribution in [0.1, 0.15) is 48.0 Å². The molecule has 0 aliphatic carbocycles. The lowest BCUT2D eigenvalue weighted by Gasteiger charge is -2.35. The zero-order valence-electron chi connectivity index (χ0n) is 13.0. The van der Waals surface area contributed by atoms with Gasteiger partial charge in [-0.1, -0.05) is 20.8 Å². The number of hydrogen-bond donors (Lipinski definition) is 0. The van der Waals surface area contributed by atoms with Crippen LogP contribution in [0.25, 0.3) is 0 Å². The van der Waals surface area contributed by atoms with Gasteiger partial charge in [0.1, 0.15) is 5.60 Å². The lowest BCUT2D eigenvalue weighted by molar-refractivity contribution is 0.0145. The molecule has 1 heterocycles. The molecular weight excluding hydrogens is 228 g/mol. The van der Waals surface area contributed by atoms with Crippen molar-refractivity contribution in [3.8, 4) is 0 Å². The van der Waals surface area contributed by atoms with Gasteiger partial charge in [-0.15, -0.1) is 0 Å². The van der Waals surface area contributed by atoms with Crippen LogP contribution in [0.4, 0.5) is 4.79 Å². The maximum absolute atomic E-state index is 11.8. The van der Waals surface area contributed by atoms with E-state index < -0.39 is 5.60 Å². The summed E-state index contributed by atoms with van der Waals surface area (Å²) < 4.78 is 5.34. The Kier molecular flexibility index (Phi) is 8.00. The van der Waals surface area contributed by atoms with Crippen molar-refractivity contribution >= 4 is 6.09 Å². The third-order valence-corrected chi connectivity index (χ3v) is 2.56. The zero-order valence-corrected chi connectivity index (χ0v) is 13.0. The summed E-state index contributed by atoms with van der Waals surface area (Å²) in [6.45, 7) is 16.5. The van der Waals surface area contributed by atoms with E-state index in [-0.39, 0.29) is 6.09 Å². The third kappa shape index (κ3) is 6.84. The fraction of sp³-hybridized carbons (Fsp3) is 0.929. The Morgan fingerprint density at radius 3 is 2.00 bits per heavy atom. The van der Waals surface area contributed by atoms with Gasteiger partial charge in [0.25, 0.3) is 0 Å². The van der Waals surface area contributed by atoms with Crippen molar-refractivity contribution in [2.45, 2.75) is 53.6 Å². The smallest absolute Gasteiger partial charge is 0.410 e. The van der Waals surface area contributed by atoms with E-state index in [2.05, 4.69) is 11.8 Å². The Balaban J connectivity index is 0.00000137. The highest BCUT2D eigenvalue weighted by atomic mass is 16.6. The molecule has 0 aromatic carbocycles. The minimum atomic E-state index is -0.391. The number of rotatable bonds is 2. The van der Waals surface area contributed by atoms with E-state index in [0.717, 1.165) is 32.7 Å². The monoisotopic (exact) mass is 258 g/mol. The highest BCUT2D eigenvalue weighted by Gasteiger charge is 2.25. The lowest BCUT2D eigenvalue weighted by Crippen LogP contribution is -2.50. The maximum Gasteiger partial charge on any atom is 0.410 e. The van der Waals surface area contributed by atoms with Gasteiger partial charge in [0.2, 0.25) is 0 Å². The molecule has 0 N–H and O–H groups in total. The molecule has 1 aliphatic rings. The van der Waals surface area contributed by atoms with Gasteiger partial charge < -0.3 is 9.64 Å². The van der Waals surface area contributed by atoms with Gasteiger partial charge in [0.05, 0.1) is 0 Å². The standard InChI is InChI=1S/C12H24N2O2.C2H6/c1-5-6-13-7-9-14(10-8-13)11(15)16-12(2,3)4;1-2/h5-10H2,1-4H3;1-2H3. The minimum Gasteiger partial charge on any atom is -0.444 e. The van der Waals surface area contributed by atoms with Gasteiger partial charge >= 0.3 is 6.09 Å². The largest absolute Gasteiger partial charge is 0.444 e. The quantitative estimate of drug-likeness (QED) is 0.763. The number of nitrogens with zero attached hydrogens (tertiary/aromatic N) is 2. The van der Waals surface area contributed by atoms with Gasteiger partial charge in [-0.2, -0.15) is 0 Å². The Hall–Kier alpha value is -0.770. The van der Waals surface area contributed by atoms with Crippen LogP contribution in [0, 0.1) is 0 Å². The summed E-state index contributed by atoms with van der Waals surface area (Å²) in [6, 6.07) is 0.